The molecule has 1 aromatic heterocycles. The van der Waals surface area contributed by atoms with Crippen LogP contribution in [0.4, 0.5) is 0 Å². The van der Waals surface area contributed by atoms with Crippen molar-refractivity contribution in [3.05, 3.63) is 32.7 Å². The van der Waals surface area contributed by atoms with E-state index in [1.165, 1.54) is 12.3 Å². The first-order valence-corrected chi connectivity index (χ1v) is 6.36. The van der Waals surface area contributed by atoms with Crippen molar-refractivity contribution in [1.29, 1.82) is 0 Å². The summed E-state index contributed by atoms with van der Waals surface area (Å²) in [6.07, 6.45) is 3.49. The number of nitrogens with one attached hydrogen (secondary N) is 3. The van der Waals surface area contributed by atoms with Crippen molar-refractivity contribution >= 4 is 34.2 Å². The minimum Gasteiger partial charge on any atom is -0.348 e. The van der Waals surface area contributed by atoms with Crippen molar-refractivity contribution in [3.63, 3.8) is 0 Å². The van der Waals surface area contributed by atoms with E-state index in [1.807, 2.05) is 0 Å². The van der Waals surface area contributed by atoms with Gasteiger partial charge in [-0.25, -0.2) is 0 Å². The molecule has 1 aromatic rings. The molecule has 1 atom stereocenters. The van der Waals surface area contributed by atoms with Crippen LogP contribution >= 0.6 is 28.3 Å². The maximum Gasteiger partial charge on any atom is 0.262 e. The lowest BCUT2D eigenvalue weighted by Gasteiger charge is -2.23. The minimum absolute atomic E-state index is 0. The molecule has 0 saturated carbocycles. The van der Waals surface area contributed by atoms with Gasteiger partial charge in [0.25, 0.3) is 11.5 Å². The zero-order valence-corrected chi connectivity index (χ0v) is 12.1. The van der Waals surface area contributed by atoms with E-state index in [0.717, 1.165) is 25.9 Å². The van der Waals surface area contributed by atoms with Crippen molar-refractivity contribution in [2.24, 2.45) is 0 Å². The number of hydrogen-bond donors (Lipinski definition) is 3. The maximum atomic E-state index is 11.9. The van der Waals surface area contributed by atoms with Gasteiger partial charge in [0.2, 0.25) is 0 Å². The number of aromatic nitrogens is 1. The molecule has 1 saturated heterocycles. The fourth-order valence-electron chi connectivity index (χ4n) is 1.83. The third kappa shape index (κ3) is 3.83. The monoisotopic (exact) mass is 335 g/mol. The summed E-state index contributed by atoms with van der Waals surface area (Å²) < 4.78 is 0.368. The maximum absolute atomic E-state index is 11.9. The van der Waals surface area contributed by atoms with Gasteiger partial charge in [-0.3, -0.25) is 9.59 Å². The van der Waals surface area contributed by atoms with Crippen LogP contribution in [0, 0.1) is 0 Å². The molecule has 1 unspecified atom stereocenters. The predicted molar refractivity (Wildman–Crippen MR) is 75.4 cm³/mol. The first-order valence-electron chi connectivity index (χ1n) is 5.56. The summed E-state index contributed by atoms with van der Waals surface area (Å²) in [7, 11) is 0. The van der Waals surface area contributed by atoms with Crippen LogP contribution in [-0.2, 0) is 0 Å². The zero-order chi connectivity index (χ0) is 12.3. The summed E-state index contributed by atoms with van der Waals surface area (Å²) in [6, 6.07) is 1.70. The number of piperidine rings is 1. The number of amides is 1. The fourth-order valence-corrected chi connectivity index (χ4v) is 2.19. The molecule has 1 aliphatic rings. The van der Waals surface area contributed by atoms with Gasteiger partial charge in [0, 0.05) is 18.8 Å². The second-order valence-corrected chi connectivity index (χ2v) is 4.94. The minimum atomic E-state index is -0.235. The summed E-state index contributed by atoms with van der Waals surface area (Å²) in [5, 5.41) is 6.17. The Morgan fingerprint density at radius 1 is 1.50 bits per heavy atom. The normalized spacial score (nSPS) is 18.8. The topological polar surface area (TPSA) is 74.0 Å². The molecule has 100 valence electrons. The molecule has 0 spiro atoms. The number of halogens is 2. The zero-order valence-electron chi connectivity index (χ0n) is 9.66. The van der Waals surface area contributed by atoms with Crippen LogP contribution in [-0.4, -0.2) is 30.0 Å². The Labute approximate surface area is 119 Å². The van der Waals surface area contributed by atoms with Crippen molar-refractivity contribution in [3.8, 4) is 0 Å². The van der Waals surface area contributed by atoms with E-state index in [1.54, 1.807) is 0 Å². The molecule has 2 rings (SSSR count). The predicted octanol–water partition coefficient (Wildman–Crippen LogP) is 1.04. The molecule has 3 N–H and O–H groups in total. The van der Waals surface area contributed by atoms with E-state index in [0.29, 0.717) is 10.0 Å². The van der Waals surface area contributed by atoms with Gasteiger partial charge in [0.15, 0.2) is 0 Å². The van der Waals surface area contributed by atoms with E-state index < -0.39 is 0 Å². The largest absolute Gasteiger partial charge is 0.348 e. The van der Waals surface area contributed by atoms with E-state index in [-0.39, 0.29) is 29.9 Å². The number of carbonyl (C=O) groups excluding carboxylic acids is 1. The van der Waals surface area contributed by atoms with Gasteiger partial charge in [-0.15, -0.1) is 12.4 Å². The number of H-pyrrole nitrogens is 1. The Morgan fingerprint density at radius 3 is 2.89 bits per heavy atom. The summed E-state index contributed by atoms with van der Waals surface area (Å²) >= 11 is 3.10. The quantitative estimate of drug-likeness (QED) is 0.755. The number of aromatic amines is 1. The third-order valence-corrected chi connectivity index (χ3v) is 3.34. The highest BCUT2D eigenvalue weighted by molar-refractivity contribution is 9.10. The summed E-state index contributed by atoms with van der Waals surface area (Å²) in [5.41, 5.74) is 0.225. The van der Waals surface area contributed by atoms with E-state index in [2.05, 4.69) is 31.5 Å². The first kappa shape index (κ1) is 15.2. The highest BCUT2D eigenvalue weighted by Crippen LogP contribution is 2.07. The second kappa shape index (κ2) is 6.92. The Kier molecular flexibility index (Phi) is 5.84. The van der Waals surface area contributed by atoms with E-state index in [4.69, 9.17) is 0 Å². The molecule has 7 heteroatoms. The van der Waals surface area contributed by atoms with Crippen LogP contribution < -0.4 is 16.2 Å². The molecular formula is C11H15BrClN3O2. The van der Waals surface area contributed by atoms with Gasteiger partial charge in [-0.2, -0.15) is 0 Å². The average molecular weight is 337 g/mol. The van der Waals surface area contributed by atoms with Crippen LogP contribution in [0.15, 0.2) is 21.5 Å². The number of pyridine rings is 1. The highest BCUT2D eigenvalue weighted by atomic mass is 79.9. The van der Waals surface area contributed by atoms with Crippen molar-refractivity contribution in [2.75, 3.05) is 13.1 Å². The summed E-state index contributed by atoms with van der Waals surface area (Å²) in [6.45, 7) is 1.81. The lowest BCUT2D eigenvalue weighted by molar-refractivity contribution is 0.0930. The van der Waals surface area contributed by atoms with Crippen molar-refractivity contribution in [1.82, 2.24) is 15.6 Å². The second-order valence-electron chi connectivity index (χ2n) is 4.08. The summed E-state index contributed by atoms with van der Waals surface area (Å²) in [5.74, 6) is -0.157. The van der Waals surface area contributed by atoms with Gasteiger partial charge in [0.05, 0.1) is 10.0 Å². The average Bonchev–Trinajstić information content (AvgIpc) is 2.34. The van der Waals surface area contributed by atoms with Gasteiger partial charge in [-0.1, -0.05) is 0 Å². The SMILES string of the molecule is Cl.O=C(NC1CCCNC1)c1c[nH]c(=O)c(Br)c1. The number of rotatable bonds is 2. The van der Waals surface area contributed by atoms with Crippen molar-refractivity contribution in [2.45, 2.75) is 18.9 Å². The number of hydrogen-bond acceptors (Lipinski definition) is 3. The molecule has 0 aromatic carbocycles. The Balaban J connectivity index is 0.00000162. The fraction of sp³-hybridized carbons (Fsp3) is 0.455. The van der Waals surface area contributed by atoms with Gasteiger partial charge < -0.3 is 15.6 Å². The molecule has 2 heterocycles. The van der Waals surface area contributed by atoms with Gasteiger partial charge >= 0.3 is 0 Å². The molecular weight excluding hydrogens is 321 g/mol. The van der Waals surface area contributed by atoms with Crippen LogP contribution in [0.25, 0.3) is 0 Å². The van der Waals surface area contributed by atoms with Crippen molar-refractivity contribution < 1.29 is 4.79 Å². The van der Waals surface area contributed by atoms with Crippen LogP contribution in [0.3, 0.4) is 0 Å². The van der Waals surface area contributed by atoms with Crippen LogP contribution in [0.1, 0.15) is 23.2 Å². The molecule has 1 amide bonds. The number of carbonyl (C=O) groups is 1. The third-order valence-electron chi connectivity index (χ3n) is 2.75. The lowest BCUT2D eigenvalue weighted by Crippen LogP contribution is -2.45. The van der Waals surface area contributed by atoms with Gasteiger partial charge in [0.1, 0.15) is 0 Å². The summed E-state index contributed by atoms with van der Waals surface area (Å²) in [4.78, 5) is 25.5. The standard InChI is InChI=1S/C11H14BrN3O2.ClH/c12-9-4-7(5-14-11(9)17)10(16)15-8-2-1-3-13-6-8;/h4-5,8,13H,1-3,6H2,(H,14,17)(H,15,16);1H. The molecule has 0 aliphatic carbocycles. The molecule has 1 fully saturated rings. The van der Waals surface area contributed by atoms with Gasteiger partial charge in [-0.05, 0) is 41.4 Å². The van der Waals surface area contributed by atoms with Crippen LogP contribution in [0.5, 0.6) is 0 Å². The lowest BCUT2D eigenvalue weighted by atomic mass is 10.1. The smallest absolute Gasteiger partial charge is 0.262 e. The van der Waals surface area contributed by atoms with E-state index >= 15 is 0 Å². The molecule has 0 radical (unpaired) electrons. The first-order chi connectivity index (χ1) is 8.16. The molecule has 5 nitrogen and oxygen atoms in total. The van der Waals surface area contributed by atoms with Crippen LogP contribution in [0.2, 0.25) is 0 Å². The molecule has 0 bridgehead atoms. The highest BCUT2D eigenvalue weighted by Gasteiger charge is 2.16. The Hall–Kier alpha value is -0.850. The van der Waals surface area contributed by atoms with E-state index in [9.17, 15) is 9.59 Å². The Bertz CT molecular complexity index is 472. The molecule has 18 heavy (non-hydrogen) atoms. The molecule has 1 aliphatic heterocycles. The Morgan fingerprint density at radius 2 is 2.28 bits per heavy atom.